The van der Waals surface area contributed by atoms with E-state index >= 15 is 0 Å². The van der Waals surface area contributed by atoms with E-state index in [0.29, 0.717) is 12.0 Å². The van der Waals surface area contributed by atoms with Gasteiger partial charge >= 0.3 is 0 Å². The maximum Gasteiger partial charge on any atom is 0.169 e. The highest BCUT2D eigenvalue weighted by atomic mass is 32.1. The van der Waals surface area contributed by atoms with Gasteiger partial charge in [-0.3, -0.25) is 0 Å². The molecule has 0 aromatic rings. The highest BCUT2D eigenvalue weighted by Gasteiger charge is 2.20. The zero-order chi connectivity index (χ0) is 10.6. The van der Waals surface area contributed by atoms with Crippen molar-refractivity contribution >= 4 is 17.3 Å². The number of nitrogens with one attached hydrogen (secondary N) is 1. The van der Waals surface area contributed by atoms with Crippen LogP contribution in [0.25, 0.3) is 0 Å². The van der Waals surface area contributed by atoms with E-state index in [1.165, 1.54) is 0 Å². The van der Waals surface area contributed by atoms with Gasteiger partial charge in [-0.05, 0) is 44.8 Å². The molecule has 82 valence electrons. The quantitative estimate of drug-likeness (QED) is 0.674. The fourth-order valence-corrected chi connectivity index (χ4v) is 2.14. The highest BCUT2D eigenvalue weighted by Crippen LogP contribution is 2.15. The highest BCUT2D eigenvalue weighted by molar-refractivity contribution is 7.80. The van der Waals surface area contributed by atoms with Gasteiger partial charge in [0.05, 0.1) is 0 Å². The van der Waals surface area contributed by atoms with Gasteiger partial charge in [0.15, 0.2) is 5.11 Å². The van der Waals surface area contributed by atoms with Crippen LogP contribution in [0.4, 0.5) is 0 Å². The molecule has 1 aliphatic heterocycles. The van der Waals surface area contributed by atoms with E-state index in [0.717, 1.165) is 31.0 Å². The monoisotopic (exact) mass is 216 g/mol. The van der Waals surface area contributed by atoms with Gasteiger partial charge < -0.3 is 15.3 Å². The number of aliphatic hydroxyl groups excluding tert-OH is 1. The molecule has 1 atom stereocenters. The average molecular weight is 216 g/mol. The molecule has 1 saturated heterocycles. The molecule has 1 unspecified atom stereocenters. The van der Waals surface area contributed by atoms with Gasteiger partial charge in [0, 0.05) is 25.7 Å². The standard InChI is InChI=1S/C10H20N2OS/c1-8(2)11-10(14)12-5-3-4-9(6-12)7-13/h8-9,13H,3-7H2,1-2H3,(H,11,14). The predicted molar refractivity (Wildman–Crippen MR) is 62.3 cm³/mol. The first-order valence-electron chi connectivity index (χ1n) is 5.29. The lowest BCUT2D eigenvalue weighted by atomic mass is 9.99. The second-order valence-corrected chi connectivity index (χ2v) is 4.63. The molecular weight excluding hydrogens is 196 g/mol. The number of rotatable bonds is 2. The summed E-state index contributed by atoms with van der Waals surface area (Å²) in [5, 5.41) is 13.1. The summed E-state index contributed by atoms with van der Waals surface area (Å²) in [6.45, 7) is 6.37. The number of likely N-dealkylation sites (tertiary alicyclic amines) is 1. The van der Waals surface area contributed by atoms with Crippen molar-refractivity contribution in [2.45, 2.75) is 32.7 Å². The number of aliphatic hydroxyl groups is 1. The van der Waals surface area contributed by atoms with Crippen LogP contribution in [0, 0.1) is 5.92 Å². The molecule has 0 aromatic carbocycles. The van der Waals surface area contributed by atoms with Crippen LogP contribution >= 0.6 is 12.2 Å². The molecule has 0 aliphatic carbocycles. The third-order valence-electron chi connectivity index (χ3n) is 2.48. The van der Waals surface area contributed by atoms with Gasteiger partial charge in [-0.15, -0.1) is 0 Å². The van der Waals surface area contributed by atoms with E-state index in [4.69, 9.17) is 17.3 Å². The molecular formula is C10H20N2OS. The zero-order valence-electron chi connectivity index (χ0n) is 8.99. The first-order chi connectivity index (χ1) is 6.63. The second kappa shape index (κ2) is 5.51. The Morgan fingerprint density at radius 3 is 2.93 bits per heavy atom. The molecule has 1 fully saturated rings. The Hall–Kier alpha value is -0.350. The van der Waals surface area contributed by atoms with E-state index in [-0.39, 0.29) is 6.61 Å². The fourth-order valence-electron chi connectivity index (χ4n) is 1.74. The summed E-state index contributed by atoms with van der Waals surface area (Å²) >= 11 is 5.28. The van der Waals surface area contributed by atoms with Crippen LogP contribution in [0.3, 0.4) is 0 Å². The Balaban J connectivity index is 2.39. The Morgan fingerprint density at radius 1 is 1.64 bits per heavy atom. The third-order valence-corrected chi connectivity index (χ3v) is 2.85. The topological polar surface area (TPSA) is 35.5 Å². The van der Waals surface area contributed by atoms with Crippen LogP contribution < -0.4 is 5.32 Å². The minimum atomic E-state index is 0.279. The largest absolute Gasteiger partial charge is 0.396 e. The van der Waals surface area contributed by atoms with Crippen LogP contribution in [0.15, 0.2) is 0 Å². The SMILES string of the molecule is CC(C)NC(=S)N1CCCC(CO)C1. The molecule has 0 radical (unpaired) electrons. The summed E-state index contributed by atoms with van der Waals surface area (Å²) in [6, 6.07) is 0.386. The van der Waals surface area contributed by atoms with E-state index < -0.39 is 0 Å². The van der Waals surface area contributed by atoms with Crippen molar-refractivity contribution in [3.63, 3.8) is 0 Å². The Bertz CT molecular complexity index is 197. The minimum absolute atomic E-state index is 0.279. The fraction of sp³-hybridized carbons (Fsp3) is 0.900. The molecule has 14 heavy (non-hydrogen) atoms. The lowest BCUT2D eigenvalue weighted by molar-refractivity contribution is 0.159. The molecule has 0 spiro atoms. The molecule has 1 aliphatic rings. The lowest BCUT2D eigenvalue weighted by Gasteiger charge is -2.34. The maximum absolute atomic E-state index is 9.08. The summed E-state index contributed by atoms with van der Waals surface area (Å²) in [4.78, 5) is 2.17. The lowest BCUT2D eigenvalue weighted by Crippen LogP contribution is -2.47. The molecule has 4 heteroatoms. The van der Waals surface area contributed by atoms with Crippen molar-refractivity contribution in [1.29, 1.82) is 0 Å². The van der Waals surface area contributed by atoms with E-state index in [9.17, 15) is 0 Å². The second-order valence-electron chi connectivity index (χ2n) is 4.24. The number of piperidine rings is 1. The maximum atomic E-state index is 9.08. The van der Waals surface area contributed by atoms with Crippen molar-refractivity contribution < 1.29 is 5.11 Å². The Kier molecular flexibility index (Phi) is 4.62. The number of nitrogens with zero attached hydrogens (tertiary/aromatic N) is 1. The molecule has 0 saturated carbocycles. The Morgan fingerprint density at radius 2 is 2.36 bits per heavy atom. The minimum Gasteiger partial charge on any atom is -0.396 e. The van der Waals surface area contributed by atoms with Crippen molar-refractivity contribution in [2.24, 2.45) is 5.92 Å². The molecule has 2 N–H and O–H groups in total. The van der Waals surface area contributed by atoms with Crippen LogP contribution in [0.5, 0.6) is 0 Å². The molecule has 1 rings (SSSR count). The molecule has 0 aromatic heterocycles. The van der Waals surface area contributed by atoms with Crippen LogP contribution in [-0.4, -0.2) is 40.9 Å². The van der Waals surface area contributed by atoms with Gasteiger partial charge in [0.1, 0.15) is 0 Å². The first-order valence-corrected chi connectivity index (χ1v) is 5.70. The predicted octanol–water partition coefficient (Wildman–Crippen LogP) is 0.974. The van der Waals surface area contributed by atoms with Crippen molar-refractivity contribution in [3.05, 3.63) is 0 Å². The van der Waals surface area contributed by atoms with Crippen molar-refractivity contribution in [2.75, 3.05) is 19.7 Å². The van der Waals surface area contributed by atoms with Crippen LogP contribution in [0.1, 0.15) is 26.7 Å². The van der Waals surface area contributed by atoms with E-state index in [1.807, 2.05) is 0 Å². The van der Waals surface area contributed by atoms with Gasteiger partial charge in [0.2, 0.25) is 0 Å². The van der Waals surface area contributed by atoms with Gasteiger partial charge in [-0.2, -0.15) is 0 Å². The summed E-state index contributed by atoms with van der Waals surface area (Å²) in [5.74, 6) is 0.399. The normalized spacial score (nSPS) is 22.6. The third kappa shape index (κ3) is 3.42. The molecule has 0 bridgehead atoms. The van der Waals surface area contributed by atoms with Crippen molar-refractivity contribution in [1.82, 2.24) is 10.2 Å². The average Bonchev–Trinajstić information content (AvgIpc) is 2.17. The van der Waals surface area contributed by atoms with Gasteiger partial charge in [-0.1, -0.05) is 0 Å². The Labute approximate surface area is 91.5 Å². The molecule has 3 nitrogen and oxygen atoms in total. The zero-order valence-corrected chi connectivity index (χ0v) is 9.81. The number of hydrogen-bond acceptors (Lipinski definition) is 2. The summed E-state index contributed by atoms with van der Waals surface area (Å²) in [5.41, 5.74) is 0. The molecule has 1 heterocycles. The van der Waals surface area contributed by atoms with E-state index in [1.54, 1.807) is 0 Å². The van der Waals surface area contributed by atoms with Crippen molar-refractivity contribution in [3.8, 4) is 0 Å². The molecule has 0 amide bonds. The smallest absolute Gasteiger partial charge is 0.169 e. The van der Waals surface area contributed by atoms with Gasteiger partial charge in [-0.25, -0.2) is 0 Å². The number of thiocarbonyl (C=S) groups is 1. The first kappa shape index (κ1) is 11.7. The summed E-state index contributed by atoms with van der Waals surface area (Å²) in [6.07, 6.45) is 2.25. The van der Waals surface area contributed by atoms with Crippen LogP contribution in [0.2, 0.25) is 0 Å². The van der Waals surface area contributed by atoms with E-state index in [2.05, 4.69) is 24.1 Å². The summed E-state index contributed by atoms with van der Waals surface area (Å²) in [7, 11) is 0. The number of hydrogen-bond donors (Lipinski definition) is 2. The van der Waals surface area contributed by atoms with Gasteiger partial charge in [0.25, 0.3) is 0 Å². The summed E-state index contributed by atoms with van der Waals surface area (Å²) < 4.78 is 0. The van der Waals surface area contributed by atoms with Crippen LogP contribution in [-0.2, 0) is 0 Å².